The number of aromatic amines is 1. The minimum absolute atomic E-state index is 0.129. The first-order chi connectivity index (χ1) is 19.3. The number of nitrogens with zero attached hydrogens (tertiary/aromatic N) is 2. The van der Waals surface area contributed by atoms with E-state index in [2.05, 4.69) is 45.7 Å². The maximum absolute atomic E-state index is 13.6. The van der Waals surface area contributed by atoms with E-state index in [4.69, 9.17) is 4.74 Å². The fourth-order valence-electron chi connectivity index (χ4n) is 6.99. The predicted octanol–water partition coefficient (Wildman–Crippen LogP) is 5.58. The number of aromatic nitrogens is 2. The number of nitrogens with one attached hydrogen (secondary N) is 2. The summed E-state index contributed by atoms with van der Waals surface area (Å²) < 4.78 is 8.47. The number of likely N-dealkylation sites (tertiary alicyclic amines) is 1. The van der Waals surface area contributed by atoms with Gasteiger partial charge in [-0.25, -0.2) is 0 Å². The summed E-state index contributed by atoms with van der Waals surface area (Å²) in [5.74, 6) is 0.452. The van der Waals surface area contributed by atoms with E-state index in [1.165, 1.54) is 50.3 Å². The van der Waals surface area contributed by atoms with Gasteiger partial charge in [-0.05, 0) is 83.6 Å². The van der Waals surface area contributed by atoms with Gasteiger partial charge in [-0.15, -0.1) is 11.8 Å². The average molecular weight is 563 g/mol. The number of carbonyl (C=O) groups excluding carboxylic acids is 1. The van der Waals surface area contributed by atoms with Crippen molar-refractivity contribution in [3.63, 3.8) is 0 Å². The molecule has 0 spiro atoms. The number of pyridine rings is 1. The number of hydrogen-bond donors (Lipinski definition) is 2. The number of H-pyrrole nitrogens is 1. The summed E-state index contributed by atoms with van der Waals surface area (Å²) in [6.07, 6.45) is 10.3. The Balaban J connectivity index is 1.16. The number of rotatable bonds is 9. The lowest BCUT2D eigenvalue weighted by Crippen LogP contribution is -2.57. The molecule has 214 valence electrons. The van der Waals surface area contributed by atoms with E-state index < -0.39 is 0 Å². The molecular weight excluding hydrogens is 520 g/mol. The molecule has 1 aromatic carbocycles. The molecule has 1 amide bonds. The van der Waals surface area contributed by atoms with Crippen LogP contribution in [-0.4, -0.2) is 58.0 Å². The van der Waals surface area contributed by atoms with Gasteiger partial charge in [0.15, 0.2) is 0 Å². The molecule has 7 nitrogen and oxygen atoms in total. The monoisotopic (exact) mass is 562 g/mol. The number of para-hydroxylation sites is 1. The second-order valence-corrected chi connectivity index (χ2v) is 12.9. The Hall–Kier alpha value is -2.55. The number of fused-ring (bicyclic) bond motifs is 1. The van der Waals surface area contributed by atoms with E-state index in [-0.39, 0.29) is 18.0 Å². The average Bonchev–Trinajstić information content (AvgIpc) is 3.70. The number of hydrogen-bond acceptors (Lipinski definition) is 5. The van der Waals surface area contributed by atoms with Crippen LogP contribution < -0.4 is 10.9 Å². The number of benzene rings is 1. The number of amides is 1. The van der Waals surface area contributed by atoms with E-state index >= 15 is 0 Å². The molecule has 3 heterocycles. The molecule has 1 saturated heterocycles. The van der Waals surface area contributed by atoms with Crippen molar-refractivity contribution in [1.29, 1.82) is 0 Å². The molecule has 6 rings (SSSR count). The van der Waals surface area contributed by atoms with E-state index in [1.54, 1.807) is 0 Å². The van der Waals surface area contributed by atoms with Gasteiger partial charge < -0.3 is 19.6 Å². The van der Waals surface area contributed by atoms with Crippen molar-refractivity contribution in [2.24, 2.45) is 5.92 Å². The number of ether oxygens (including phenoxy) is 1. The Labute approximate surface area is 241 Å². The minimum atomic E-state index is -0.141. The molecule has 8 heteroatoms. The van der Waals surface area contributed by atoms with Gasteiger partial charge in [0.05, 0.1) is 17.8 Å². The maximum atomic E-state index is 13.6. The second-order valence-electron chi connectivity index (χ2n) is 12.1. The third kappa shape index (κ3) is 5.38. The van der Waals surface area contributed by atoms with Crippen molar-refractivity contribution in [2.45, 2.75) is 95.0 Å². The van der Waals surface area contributed by atoms with Crippen molar-refractivity contribution < 1.29 is 9.53 Å². The Morgan fingerprint density at radius 3 is 2.52 bits per heavy atom. The van der Waals surface area contributed by atoms with Crippen molar-refractivity contribution in [1.82, 2.24) is 19.8 Å². The normalized spacial score (nSPS) is 22.8. The van der Waals surface area contributed by atoms with Gasteiger partial charge in [0, 0.05) is 64.5 Å². The minimum Gasteiger partial charge on any atom is -0.372 e. The van der Waals surface area contributed by atoms with Gasteiger partial charge in [-0.3, -0.25) is 14.5 Å². The maximum Gasteiger partial charge on any atom is 0.254 e. The van der Waals surface area contributed by atoms with Crippen LogP contribution in [0.5, 0.6) is 0 Å². The largest absolute Gasteiger partial charge is 0.372 e. The van der Waals surface area contributed by atoms with Crippen LogP contribution in [-0.2, 0) is 11.3 Å². The Morgan fingerprint density at radius 2 is 1.82 bits per heavy atom. The fraction of sp³-hybridized carbons (Fsp3) is 0.562. The molecule has 3 aromatic rings. The lowest BCUT2D eigenvalue weighted by molar-refractivity contribution is -0.0864. The number of thioether (sulfide) groups is 1. The van der Waals surface area contributed by atoms with Crippen LogP contribution in [0.4, 0.5) is 0 Å². The van der Waals surface area contributed by atoms with Gasteiger partial charge in [0.25, 0.3) is 11.5 Å². The van der Waals surface area contributed by atoms with Crippen LogP contribution in [0.15, 0.2) is 40.0 Å². The summed E-state index contributed by atoms with van der Waals surface area (Å²) in [5.41, 5.74) is 4.11. The molecule has 2 aliphatic carbocycles. The summed E-state index contributed by atoms with van der Waals surface area (Å²) in [4.78, 5) is 32.7. The SMILES string of the molecule is CSc1cc(C)[nH]c(=O)c1CNC(=O)c1c(C)n(C(C)C2CCC(N3CC(OC4CC4)C3)CC2)c2ccccc12. The standard InChI is InChI=1S/C32H42N4O3S/c1-19-15-29(40-4)27(31(37)34-19)16-33-32(38)30-21(3)36(28-8-6-5-7-26(28)30)20(2)22-9-11-23(12-10-22)35-17-25(18-35)39-24-13-14-24/h5-8,15,20,22-25H,9-14,16-18H2,1-4H3,(H,33,38)(H,34,37). The first-order valence-electron chi connectivity index (χ1n) is 14.9. The predicted molar refractivity (Wildman–Crippen MR) is 161 cm³/mol. The third-order valence-corrected chi connectivity index (χ3v) is 10.2. The lowest BCUT2D eigenvalue weighted by Gasteiger charge is -2.47. The van der Waals surface area contributed by atoms with Crippen LogP contribution in [0.25, 0.3) is 10.9 Å². The molecule has 2 saturated carbocycles. The Morgan fingerprint density at radius 1 is 1.10 bits per heavy atom. The summed E-state index contributed by atoms with van der Waals surface area (Å²) >= 11 is 1.53. The van der Waals surface area contributed by atoms with E-state index in [9.17, 15) is 9.59 Å². The highest BCUT2D eigenvalue weighted by atomic mass is 32.2. The molecule has 1 aliphatic heterocycles. The molecule has 1 atom stereocenters. The van der Waals surface area contributed by atoms with Crippen LogP contribution in [0.1, 0.15) is 78.8 Å². The quantitative estimate of drug-likeness (QED) is 0.333. The van der Waals surface area contributed by atoms with Crippen LogP contribution in [0, 0.1) is 19.8 Å². The zero-order valence-electron chi connectivity index (χ0n) is 24.2. The van der Waals surface area contributed by atoms with Gasteiger partial charge in [0.1, 0.15) is 0 Å². The van der Waals surface area contributed by atoms with Gasteiger partial charge in [-0.2, -0.15) is 0 Å². The highest BCUT2D eigenvalue weighted by Crippen LogP contribution is 2.40. The smallest absolute Gasteiger partial charge is 0.254 e. The first-order valence-corrected chi connectivity index (χ1v) is 16.1. The second kappa shape index (κ2) is 11.4. The molecule has 3 aliphatic rings. The highest BCUT2D eigenvalue weighted by molar-refractivity contribution is 7.98. The number of aryl methyl sites for hydroxylation is 1. The van der Waals surface area contributed by atoms with Crippen LogP contribution in [0.2, 0.25) is 0 Å². The fourth-order valence-corrected chi connectivity index (χ4v) is 7.69. The van der Waals surface area contributed by atoms with Crippen molar-refractivity contribution in [3.05, 3.63) is 63.2 Å². The molecule has 2 aromatic heterocycles. The molecule has 0 bridgehead atoms. The van der Waals surface area contributed by atoms with Gasteiger partial charge in [-0.1, -0.05) is 18.2 Å². The topological polar surface area (TPSA) is 79.4 Å². The third-order valence-electron chi connectivity index (χ3n) is 9.39. The van der Waals surface area contributed by atoms with Crippen LogP contribution >= 0.6 is 11.8 Å². The molecule has 2 N–H and O–H groups in total. The molecular formula is C32H42N4O3S. The Bertz CT molecular complexity index is 1440. The zero-order chi connectivity index (χ0) is 28.0. The summed E-state index contributed by atoms with van der Waals surface area (Å²) in [5, 5.41) is 4.04. The molecule has 1 unspecified atom stereocenters. The zero-order valence-corrected chi connectivity index (χ0v) is 25.0. The highest BCUT2D eigenvalue weighted by Gasteiger charge is 2.39. The molecule has 3 fully saturated rings. The summed E-state index contributed by atoms with van der Waals surface area (Å²) in [7, 11) is 0. The summed E-state index contributed by atoms with van der Waals surface area (Å²) in [6, 6.07) is 11.2. The van der Waals surface area contributed by atoms with Crippen molar-refractivity contribution in [3.8, 4) is 0 Å². The molecule has 0 radical (unpaired) electrons. The summed E-state index contributed by atoms with van der Waals surface area (Å²) in [6.45, 7) is 8.68. The van der Waals surface area contributed by atoms with Crippen molar-refractivity contribution >= 4 is 28.6 Å². The van der Waals surface area contributed by atoms with Gasteiger partial charge >= 0.3 is 0 Å². The Kier molecular flexibility index (Phi) is 7.85. The van der Waals surface area contributed by atoms with Crippen LogP contribution in [0.3, 0.4) is 0 Å². The van der Waals surface area contributed by atoms with E-state index in [0.29, 0.717) is 41.3 Å². The first kappa shape index (κ1) is 27.6. The van der Waals surface area contributed by atoms with E-state index in [0.717, 1.165) is 40.3 Å². The van der Waals surface area contributed by atoms with Crippen molar-refractivity contribution in [2.75, 3.05) is 19.3 Å². The number of carbonyl (C=O) groups is 1. The van der Waals surface area contributed by atoms with E-state index in [1.807, 2.05) is 31.4 Å². The molecule has 40 heavy (non-hydrogen) atoms. The van der Waals surface area contributed by atoms with Gasteiger partial charge in [0.2, 0.25) is 0 Å². The lowest BCUT2D eigenvalue weighted by atomic mass is 9.80.